The van der Waals surface area contributed by atoms with Gasteiger partial charge in [-0.15, -0.1) is 0 Å². The summed E-state index contributed by atoms with van der Waals surface area (Å²) in [5.74, 6) is -0.465. The van der Waals surface area contributed by atoms with Crippen molar-refractivity contribution < 1.29 is 19.1 Å². The number of unbranched alkanes of at least 4 members (excludes halogenated alkanes) is 2. The molecule has 0 aliphatic carbocycles. The Morgan fingerprint density at radius 2 is 1.03 bits per heavy atom. The average molecular weight is 411 g/mol. The molecular formula is C23H42N2O4. The Hall–Kier alpha value is -1.14. The van der Waals surface area contributed by atoms with Gasteiger partial charge < -0.3 is 20.1 Å². The number of carbonyl (C=O) groups is 2. The van der Waals surface area contributed by atoms with Gasteiger partial charge in [-0.1, -0.05) is 0 Å². The minimum Gasteiger partial charge on any atom is -0.465 e. The van der Waals surface area contributed by atoms with E-state index in [4.69, 9.17) is 9.47 Å². The lowest BCUT2D eigenvalue weighted by Gasteiger charge is -2.27. The van der Waals surface area contributed by atoms with Gasteiger partial charge in [-0.05, 0) is 87.5 Å². The first kappa shape index (κ1) is 24.1. The van der Waals surface area contributed by atoms with Crippen molar-refractivity contribution in [1.82, 2.24) is 10.6 Å². The zero-order valence-corrected chi connectivity index (χ0v) is 19.7. The molecule has 2 fully saturated rings. The molecule has 0 aromatic heterocycles. The van der Waals surface area contributed by atoms with Gasteiger partial charge in [0.05, 0.1) is 25.0 Å². The minimum absolute atomic E-state index is 0.0460. The van der Waals surface area contributed by atoms with E-state index in [0.717, 1.165) is 32.1 Å². The van der Waals surface area contributed by atoms with Gasteiger partial charge in [0.15, 0.2) is 0 Å². The van der Waals surface area contributed by atoms with E-state index < -0.39 is 0 Å². The molecule has 0 bridgehead atoms. The molecule has 2 N–H and O–H groups in total. The quantitative estimate of drug-likeness (QED) is 0.470. The maximum absolute atomic E-state index is 12.4. The summed E-state index contributed by atoms with van der Waals surface area (Å²) in [7, 11) is 0. The van der Waals surface area contributed by atoms with Crippen molar-refractivity contribution in [3.05, 3.63) is 0 Å². The van der Waals surface area contributed by atoms with Crippen LogP contribution in [0.2, 0.25) is 0 Å². The molecule has 6 nitrogen and oxygen atoms in total. The molecule has 168 valence electrons. The molecule has 0 aromatic rings. The highest BCUT2D eigenvalue weighted by atomic mass is 16.5. The monoisotopic (exact) mass is 410 g/mol. The second kappa shape index (κ2) is 8.54. The van der Waals surface area contributed by atoms with Crippen molar-refractivity contribution in [2.75, 3.05) is 13.2 Å². The molecule has 2 aliphatic rings. The normalized spacial score (nSPS) is 28.8. The Bertz CT molecular complexity index is 558. The van der Waals surface area contributed by atoms with E-state index in [1.807, 2.05) is 0 Å². The zero-order valence-electron chi connectivity index (χ0n) is 19.7. The Labute approximate surface area is 176 Å². The molecule has 0 saturated carbocycles. The molecule has 2 rings (SSSR count). The summed E-state index contributed by atoms with van der Waals surface area (Å²) in [6.45, 7) is 17.6. The van der Waals surface area contributed by atoms with Gasteiger partial charge in [-0.2, -0.15) is 0 Å². The largest absolute Gasteiger partial charge is 0.465 e. The van der Waals surface area contributed by atoms with Crippen LogP contribution in [0.3, 0.4) is 0 Å². The molecule has 2 heterocycles. The standard InChI is InChI=1S/C23H42N2O4/c1-20(2)14-16(22(5,6)24-20)18(26)28-12-10-9-11-13-29-19(27)17-15-21(3,4)25-23(17,7)8/h16-17,24-25H,9-15H2,1-8H3. The van der Waals surface area contributed by atoms with Gasteiger partial charge >= 0.3 is 11.9 Å². The van der Waals surface area contributed by atoms with Crippen LogP contribution in [-0.4, -0.2) is 47.3 Å². The van der Waals surface area contributed by atoms with Gasteiger partial charge in [0.1, 0.15) is 0 Å². The molecule has 2 saturated heterocycles. The van der Waals surface area contributed by atoms with E-state index in [1.165, 1.54) is 0 Å². The molecule has 2 aliphatic heterocycles. The summed E-state index contributed by atoms with van der Waals surface area (Å²) in [5.41, 5.74) is -0.580. The summed E-state index contributed by atoms with van der Waals surface area (Å²) in [6, 6.07) is 0. The van der Waals surface area contributed by atoms with Gasteiger partial charge in [0.25, 0.3) is 0 Å². The number of hydrogen-bond donors (Lipinski definition) is 2. The number of ether oxygens (including phenoxy) is 2. The number of rotatable bonds is 8. The Kier molecular flexibility index (Phi) is 7.11. The molecule has 2 atom stereocenters. The second-order valence-electron chi connectivity index (χ2n) is 11.4. The Morgan fingerprint density at radius 3 is 1.31 bits per heavy atom. The van der Waals surface area contributed by atoms with Crippen LogP contribution in [0.25, 0.3) is 0 Å². The van der Waals surface area contributed by atoms with Crippen molar-refractivity contribution in [3.8, 4) is 0 Å². The van der Waals surface area contributed by atoms with Crippen LogP contribution in [0.1, 0.15) is 87.5 Å². The lowest BCUT2D eigenvalue weighted by molar-refractivity contribution is -0.150. The van der Waals surface area contributed by atoms with Gasteiger partial charge in [0.2, 0.25) is 0 Å². The molecule has 0 aromatic carbocycles. The number of nitrogens with one attached hydrogen (secondary N) is 2. The van der Waals surface area contributed by atoms with Crippen LogP contribution >= 0.6 is 0 Å². The lowest BCUT2D eigenvalue weighted by atomic mass is 9.87. The number of hydrogen-bond acceptors (Lipinski definition) is 6. The predicted octanol–water partition coefficient (Wildman–Crippen LogP) is 3.58. The number of carbonyl (C=O) groups excluding carboxylic acids is 2. The molecular weight excluding hydrogens is 368 g/mol. The first-order chi connectivity index (χ1) is 13.2. The van der Waals surface area contributed by atoms with Crippen LogP contribution in [0.5, 0.6) is 0 Å². The summed E-state index contributed by atoms with van der Waals surface area (Å²) in [5, 5.41) is 7.02. The first-order valence-corrected chi connectivity index (χ1v) is 11.1. The average Bonchev–Trinajstić information content (AvgIpc) is 2.91. The Balaban J connectivity index is 1.61. The Morgan fingerprint density at radius 1 is 0.690 bits per heavy atom. The maximum Gasteiger partial charge on any atom is 0.310 e. The third-order valence-corrected chi connectivity index (χ3v) is 6.34. The fourth-order valence-corrected chi connectivity index (χ4v) is 5.24. The van der Waals surface area contributed by atoms with Crippen LogP contribution in [-0.2, 0) is 19.1 Å². The lowest BCUT2D eigenvalue weighted by Crippen LogP contribution is -2.46. The van der Waals surface area contributed by atoms with E-state index >= 15 is 0 Å². The van der Waals surface area contributed by atoms with Crippen LogP contribution < -0.4 is 10.6 Å². The smallest absolute Gasteiger partial charge is 0.310 e. The minimum atomic E-state index is -0.244. The van der Waals surface area contributed by atoms with Gasteiger partial charge in [-0.3, -0.25) is 9.59 Å². The van der Waals surface area contributed by atoms with E-state index in [0.29, 0.717) is 13.2 Å². The molecule has 2 unspecified atom stereocenters. The third-order valence-electron chi connectivity index (χ3n) is 6.34. The summed E-state index contributed by atoms with van der Waals surface area (Å²) in [4.78, 5) is 24.9. The summed E-state index contributed by atoms with van der Waals surface area (Å²) in [6.07, 6.45) is 4.03. The number of esters is 2. The highest BCUT2D eigenvalue weighted by Crippen LogP contribution is 2.37. The van der Waals surface area contributed by atoms with E-state index in [9.17, 15) is 9.59 Å². The molecule has 29 heavy (non-hydrogen) atoms. The van der Waals surface area contributed by atoms with Gasteiger partial charge in [0, 0.05) is 22.2 Å². The zero-order chi connectivity index (χ0) is 22.1. The first-order valence-electron chi connectivity index (χ1n) is 11.1. The van der Waals surface area contributed by atoms with Crippen molar-refractivity contribution in [2.45, 2.75) is 110 Å². The topological polar surface area (TPSA) is 76.7 Å². The highest BCUT2D eigenvalue weighted by molar-refractivity contribution is 5.75. The predicted molar refractivity (Wildman–Crippen MR) is 115 cm³/mol. The fraction of sp³-hybridized carbons (Fsp3) is 0.913. The van der Waals surface area contributed by atoms with Crippen LogP contribution in [0.4, 0.5) is 0 Å². The highest BCUT2D eigenvalue weighted by Gasteiger charge is 2.49. The van der Waals surface area contributed by atoms with E-state index in [2.05, 4.69) is 66.0 Å². The second-order valence-corrected chi connectivity index (χ2v) is 11.4. The maximum atomic E-state index is 12.4. The van der Waals surface area contributed by atoms with Gasteiger partial charge in [-0.25, -0.2) is 0 Å². The molecule has 0 spiro atoms. The summed E-state index contributed by atoms with van der Waals surface area (Å²) >= 11 is 0. The SMILES string of the molecule is CC1(C)CC(C(=O)OCCCCCOC(=O)C2CC(C)(C)NC2(C)C)C(C)(C)N1. The van der Waals surface area contributed by atoms with E-state index in [-0.39, 0.29) is 45.9 Å². The van der Waals surface area contributed by atoms with Crippen molar-refractivity contribution >= 4 is 11.9 Å². The van der Waals surface area contributed by atoms with E-state index in [1.54, 1.807) is 0 Å². The molecule has 6 heteroatoms. The molecule has 0 radical (unpaired) electrons. The van der Waals surface area contributed by atoms with Crippen molar-refractivity contribution in [3.63, 3.8) is 0 Å². The summed E-state index contributed by atoms with van der Waals surface area (Å²) < 4.78 is 11.0. The van der Waals surface area contributed by atoms with Crippen LogP contribution in [0.15, 0.2) is 0 Å². The van der Waals surface area contributed by atoms with Crippen molar-refractivity contribution in [2.24, 2.45) is 11.8 Å². The molecule has 0 amide bonds. The van der Waals surface area contributed by atoms with Crippen LogP contribution in [0, 0.1) is 11.8 Å². The van der Waals surface area contributed by atoms with Crippen molar-refractivity contribution in [1.29, 1.82) is 0 Å². The third kappa shape index (κ3) is 6.42. The fourth-order valence-electron chi connectivity index (χ4n) is 5.24.